The Balaban J connectivity index is 2.07. The Kier molecular flexibility index (Phi) is 0.980. The summed E-state index contributed by atoms with van der Waals surface area (Å²) in [5, 5.41) is 0. The lowest BCUT2D eigenvalue weighted by molar-refractivity contribution is 0.288. The van der Waals surface area contributed by atoms with Crippen LogP contribution in [0.2, 0.25) is 0 Å². The van der Waals surface area contributed by atoms with Crippen LogP contribution >= 0.6 is 0 Å². The van der Waals surface area contributed by atoms with Gasteiger partial charge in [0, 0.05) is 0 Å². The van der Waals surface area contributed by atoms with Gasteiger partial charge in [0.05, 0.1) is 0 Å². The van der Waals surface area contributed by atoms with E-state index in [1.54, 1.807) is 0 Å². The third kappa shape index (κ3) is 0.720. The molecule has 52 valence electrons. The summed E-state index contributed by atoms with van der Waals surface area (Å²) >= 11 is 0. The molecule has 0 amide bonds. The molecule has 0 N–H and O–H groups in total. The van der Waals surface area contributed by atoms with Crippen LogP contribution in [-0.2, 0) is 0 Å². The lowest BCUT2D eigenvalue weighted by Gasteiger charge is -2.22. The van der Waals surface area contributed by atoms with Gasteiger partial charge in [0.25, 0.3) is 0 Å². The third-order valence-corrected chi connectivity index (χ3v) is 3.52. The van der Waals surface area contributed by atoms with Crippen LogP contribution in [0.4, 0.5) is 0 Å². The van der Waals surface area contributed by atoms with Gasteiger partial charge in [-0.1, -0.05) is 26.7 Å². The van der Waals surface area contributed by atoms with Crippen LogP contribution in [0.5, 0.6) is 0 Å². The van der Waals surface area contributed by atoms with E-state index < -0.39 is 0 Å². The summed E-state index contributed by atoms with van der Waals surface area (Å²) < 4.78 is 0. The minimum atomic E-state index is 0.817. The first kappa shape index (κ1) is 5.76. The molecule has 0 radical (unpaired) electrons. The van der Waals surface area contributed by atoms with Crippen LogP contribution in [0.3, 0.4) is 0 Å². The molecule has 2 aliphatic carbocycles. The Morgan fingerprint density at radius 2 is 2.22 bits per heavy atom. The van der Waals surface area contributed by atoms with Gasteiger partial charge in [0.15, 0.2) is 0 Å². The molecule has 0 aliphatic heterocycles. The molecule has 0 heteroatoms. The standard InChI is InChI=1S/C9H16/c1-7-4-3-5-9(2)6-8(7)9/h7-8H,3-6H2,1-2H3/t7-,8+,9-/m0/s1. The van der Waals surface area contributed by atoms with E-state index in [4.69, 9.17) is 0 Å². The van der Waals surface area contributed by atoms with Crippen LogP contribution in [0.15, 0.2) is 0 Å². The highest BCUT2D eigenvalue weighted by molar-refractivity contribution is 5.03. The molecular weight excluding hydrogens is 108 g/mol. The molecule has 3 atom stereocenters. The number of hydrogen-bond donors (Lipinski definition) is 0. The van der Waals surface area contributed by atoms with Gasteiger partial charge < -0.3 is 0 Å². The molecule has 2 rings (SSSR count). The molecule has 0 nitrogen and oxygen atoms in total. The molecule has 0 unspecified atom stereocenters. The first-order valence-electron chi connectivity index (χ1n) is 4.22. The first-order valence-corrected chi connectivity index (χ1v) is 4.22. The lowest BCUT2D eigenvalue weighted by atomic mass is 9.84. The molecule has 0 aromatic heterocycles. The smallest absolute Gasteiger partial charge is 0.0292 e. The van der Waals surface area contributed by atoms with Crippen molar-refractivity contribution in [1.29, 1.82) is 0 Å². The van der Waals surface area contributed by atoms with E-state index >= 15 is 0 Å². The van der Waals surface area contributed by atoms with Crippen molar-refractivity contribution in [2.24, 2.45) is 17.3 Å². The highest BCUT2D eigenvalue weighted by Gasteiger charge is 2.53. The van der Waals surface area contributed by atoms with Crippen molar-refractivity contribution < 1.29 is 0 Å². The molecule has 0 saturated heterocycles. The van der Waals surface area contributed by atoms with Crippen molar-refractivity contribution in [3.8, 4) is 0 Å². The Morgan fingerprint density at radius 3 is 2.78 bits per heavy atom. The fraction of sp³-hybridized carbons (Fsp3) is 1.00. The Labute approximate surface area is 57.6 Å². The first-order chi connectivity index (χ1) is 4.22. The van der Waals surface area contributed by atoms with Crippen molar-refractivity contribution in [1.82, 2.24) is 0 Å². The van der Waals surface area contributed by atoms with Crippen molar-refractivity contribution in [2.45, 2.75) is 39.5 Å². The lowest BCUT2D eigenvalue weighted by Crippen LogP contribution is -2.11. The van der Waals surface area contributed by atoms with Crippen LogP contribution in [-0.4, -0.2) is 0 Å². The van der Waals surface area contributed by atoms with Gasteiger partial charge in [0.2, 0.25) is 0 Å². The maximum atomic E-state index is 2.47. The molecule has 0 bridgehead atoms. The predicted octanol–water partition coefficient (Wildman–Crippen LogP) is 2.83. The van der Waals surface area contributed by atoms with Gasteiger partial charge >= 0.3 is 0 Å². The normalized spacial score (nSPS) is 56.7. The average Bonchev–Trinajstić information content (AvgIpc) is 2.43. The van der Waals surface area contributed by atoms with E-state index in [9.17, 15) is 0 Å². The van der Waals surface area contributed by atoms with Gasteiger partial charge in [-0.3, -0.25) is 0 Å². The molecule has 0 spiro atoms. The second-order valence-electron chi connectivity index (χ2n) is 4.33. The Hall–Kier alpha value is 0. The highest BCUT2D eigenvalue weighted by Crippen LogP contribution is 2.62. The fourth-order valence-corrected chi connectivity index (χ4v) is 2.65. The maximum Gasteiger partial charge on any atom is -0.0292 e. The molecule has 0 heterocycles. The van der Waals surface area contributed by atoms with Gasteiger partial charge in [-0.15, -0.1) is 0 Å². The minimum absolute atomic E-state index is 0.817. The summed E-state index contributed by atoms with van der Waals surface area (Å²) in [5.74, 6) is 2.16. The molecule has 2 saturated carbocycles. The fourth-order valence-electron chi connectivity index (χ4n) is 2.65. The van der Waals surface area contributed by atoms with Gasteiger partial charge in [-0.25, -0.2) is 0 Å². The molecular formula is C9H16. The molecule has 0 aromatic carbocycles. The van der Waals surface area contributed by atoms with Crippen LogP contribution in [0.25, 0.3) is 0 Å². The molecule has 2 aliphatic rings. The summed E-state index contributed by atoms with van der Waals surface area (Å²) in [6, 6.07) is 0. The van der Waals surface area contributed by atoms with Crippen molar-refractivity contribution in [3.05, 3.63) is 0 Å². The van der Waals surface area contributed by atoms with Crippen molar-refractivity contribution >= 4 is 0 Å². The number of fused-ring (bicyclic) bond motifs is 1. The van der Waals surface area contributed by atoms with E-state index in [1.807, 2.05) is 0 Å². The zero-order chi connectivity index (χ0) is 6.48. The Bertz CT molecular complexity index is 128. The van der Waals surface area contributed by atoms with E-state index in [0.717, 1.165) is 17.3 Å². The van der Waals surface area contributed by atoms with Crippen molar-refractivity contribution in [3.63, 3.8) is 0 Å². The molecule has 9 heavy (non-hydrogen) atoms. The third-order valence-electron chi connectivity index (χ3n) is 3.52. The van der Waals surface area contributed by atoms with Gasteiger partial charge in [0.1, 0.15) is 0 Å². The predicted molar refractivity (Wildman–Crippen MR) is 39.2 cm³/mol. The zero-order valence-electron chi connectivity index (χ0n) is 6.48. The van der Waals surface area contributed by atoms with E-state index in [2.05, 4.69) is 13.8 Å². The van der Waals surface area contributed by atoms with E-state index in [0.29, 0.717) is 0 Å². The monoisotopic (exact) mass is 124 g/mol. The van der Waals surface area contributed by atoms with Gasteiger partial charge in [-0.05, 0) is 30.1 Å². The zero-order valence-corrected chi connectivity index (χ0v) is 6.48. The van der Waals surface area contributed by atoms with Crippen LogP contribution in [0, 0.1) is 17.3 Å². The number of hydrogen-bond acceptors (Lipinski definition) is 0. The summed E-state index contributed by atoms with van der Waals surface area (Å²) in [5.41, 5.74) is 0.817. The van der Waals surface area contributed by atoms with Crippen LogP contribution < -0.4 is 0 Å². The molecule has 0 aromatic rings. The summed E-state index contributed by atoms with van der Waals surface area (Å²) in [6.07, 6.45) is 6.05. The second kappa shape index (κ2) is 1.53. The van der Waals surface area contributed by atoms with E-state index in [1.165, 1.54) is 25.7 Å². The van der Waals surface area contributed by atoms with E-state index in [-0.39, 0.29) is 0 Å². The van der Waals surface area contributed by atoms with Crippen LogP contribution in [0.1, 0.15) is 39.5 Å². The summed E-state index contributed by atoms with van der Waals surface area (Å²) in [6.45, 7) is 4.89. The minimum Gasteiger partial charge on any atom is -0.0622 e. The number of rotatable bonds is 0. The summed E-state index contributed by atoms with van der Waals surface area (Å²) in [7, 11) is 0. The Morgan fingerprint density at radius 1 is 1.44 bits per heavy atom. The topological polar surface area (TPSA) is 0 Å². The SMILES string of the molecule is C[C@H]1CCC[C@@]2(C)C[C@H]12. The largest absolute Gasteiger partial charge is 0.0622 e. The highest BCUT2D eigenvalue weighted by atomic mass is 14.6. The molecule has 2 fully saturated rings. The second-order valence-corrected chi connectivity index (χ2v) is 4.33. The van der Waals surface area contributed by atoms with Crippen molar-refractivity contribution in [2.75, 3.05) is 0 Å². The quantitative estimate of drug-likeness (QED) is 0.466. The summed E-state index contributed by atoms with van der Waals surface area (Å²) in [4.78, 5) is 0. The average molecular weight is 124 g/mol. The maximum absolute atomic E-state index is 2.47. The van der Waals surface area contributed by atoms with Gasteiger partial charge in [-0.2, -0.15) is 0 Å².